The number of para-hydroxylation sites is 1. The summed E-state index contributed by atoms with van der Waals surface area (Å²) in [4.78, 5) is 28.7. The van der Waals surface area contributed by atoms with Gasteiger partial charge >= 0.3 is 0 Å². The van der Waals surface area contributed by atoms with Crippen molar-refractivity contribution in [3.8, 4) is 0 Å². The molecule has 202 valence electrons. The molecule has 38 heavy (non-hydrogen) atoms. The van der Waals surface area contributed by atoms with Crippen molar-refractivity contribution in [1.29, 1.82) is 0 Å². The number of rotatable bonds is 13. The number of carbonyl (C=O) groups excluding carboxylic acids is 2. The summed E-state index contributed by atoms with van der Waals surface area (Å²) in [6.45, 7) is 4.75. The fourth-order valence-corrected chi connectivity index (χ4v) is 5.38. The Balaban J connectivity index is 1.86. The van der Waals surface area contributed by atoms with Gasteiger partial charge in [0.1, 0.15) is 6.04 Å². The lowest BCUT2D eigenvalue weighted by Gasteiger charge is -2.32. The number of anilines is 1. The van der Waals surface area contributed by atoms with Crippen molar-refractivity contribution in [2.75, 3.05) is 23.7 Å². The van der Waals surface area contributed by atoms with Gasteiger partial charge in [0, 0.05) is 32.5 Å². The first-order valence-electron chi connectivity index (χ1n) is 12.9. The lowest BCUT2D eigenvalue weighted by molar-refractivity contribution is -0.141. The van der Waals surface area contributed by atoms with Crippen LogP contribution in [0.15, 0.2) is 84.9 Å². The van der Waals surface area contributed by atoms with E-state index in [0.717, 1.165) is 22.9 Å². The van der Waals surface area contributed by atoms with E-state index in [2.05, 4.69) is 5.32 Å². The Bertz CT molecular complexity index is 1300. The van der Waals surface area contributed by atoms with Gasteiger partial charge in [-0.1, -0.05) is 72.8 Å². The number of aryl methyl sites for hydroxylation is 1. The van der Waals surface area contributed by atoms with Gasteiger partial charge in [-0.25, -0.2) is 8.42 Å². The highest BCUT2D eigenvalue weighted by Gasteiger charge is 2.30. The second-order valence-electron chi connectivity index (χ2n) is 9.32. The molecule has 1 atom stereocenters. The van der Waals surface area contributed by atoms with E-state index in [1.54, 1.807) is 29.2 Å². The molecule has 0 spiro atoms. The van der Waals surface area contributed by atoms with Crippen LogP contribution in [0.4, 0.5) is 5.69 Å². The van der Waals surface area contributed by atoms with Gasteiger partial charge in [-0.3, -0.25) is 13.9 Å². The molecule has 8 heteroatoms. The predicted octanol–water partition coefficient (Wildman–Crippen LogP) is 4.32. The summed E-state index contributed by atoms with van der Waals surface area (Å²) < 4.78 is 26.3. The highest BCUT2D eigenvalue weighted by Crippen LogP contribution is 2.20. The van der Waals surface area contributed by atoms with E-state index in [-0.39, 0.29) is 31.3 Å². The van der Waals surface area contributed by atoms with Gasteiger partial charge in [0.25, 0.3) is 0 Å². The highest BCUT2D eigenvalue weighted by molar-refractivity contribution is 7.92. The van der Waals surface area contributed by atoms with E-state index >= 15 is 0 Å². The average molecular weight is 536 g/mol. The van der Waals surface area contributed by atoms with Gasteiger partial charge in [0.05, 0.1) is 11.9 Å². The molecule has 0 heterocycles. The molecule has 0 aliphatic carbocycles. The molecular weight excluding hydrogens is 498 g/mol. The van der Waals surface area contributed by atoms with E-state index < -0.39 is 16.1 Å². The monoisotopic (exact) mass is 535 g/mol. The van der Waals surface area contributed by atoms with E-state index in [1.165, 1.54) is 4.31 Å². The Morgan fingerprint density at radius 3 is 2.11 bits per heavy atom. The first-order valence-corrected chi connectivity index (χ1v) is 14.7. The minimum atomic E-state index is -3.52. The van der Waals surface area contributed by atoms with Gasteiger partial charge in [-0.15, -0.1) is 0 Å². The van der Waals surface area contributed by atoms with E-state index in [0.29, 0.717) is 25.1 Å². The van der Waals surface area contributed by atoms with Crippen LogP contribution in [0.1, 0.15) is 36.5 Å². The maximum Gasteiger partial charge on any atom is 0.243 e. The lowest BCUT2D eigenvalue weighted by atomic mass is 10.0. The maximum absolute atomic E-state index is 13.7. The SMILES string of the molecule is CCNC(=O)[C@H](Cc1ccccc1)N(Cc1ccccc1C)C(=O)CCCN(c1ccccc1)S(C)(=O)=O. The number of carbonyl (C=O) groups is 2. The van der Waals surface area contributed by atoms with Crippen molar-refractivity contribution >= 4 is 27.5 Å². The van der Waals surface area contributed by atoms with Crippen LogP contribution in [0.3, 0.4) is 0 Å². The van der Waals surface area contributed by atoms with Crippen molar-refractivity contribution < 1.29 is 18.0 Å². The first-order chi connectivity index (χ1) is 18.2. The Kier molecular flexibility index (Phi) is 10.5. The van der Waals surface area contributed by atoms with Crippen LogP contribution in [0.25, 0.3) is 0 Å². The minimum absolute atomic E-state index is 0.107. The fraction of sp³-hybridized carbons (Fsp3) is 0.333. The number of nitrogens with zero attached hydrogens (tertiary/aromatic N) is 2. The average Bonchev–Trinajstić information content (AvgIpc) is 2.90. The largest absolute Gasteiger partial charge is 0.355 e. The molecule has 3 aromatic carbocycles. The summed E-state index contributed by atoms with van der Waals surface area (Å²) in [6.07, 6.45) is 1.97. The van der Waals surface area contributed by atoms with Crippen LogP contribution in [-0.4, -0.2) is 50.5 Å². The second kappa shape index (κ2) is 13.8. The Morgan fingerprint density at radius 1 is 0.895 bits per heavy atom. The van der Waals surface area contributed by atoms with Crippen molar-refractivity contribution in [1.82, 2.24) is 10.2 Å². The van der Waals surface area contributed by atoms with E-state index in [9.17, 15) is 18.0 Å². The molecule has 2 amide bonds. The molecule has 0 saturated carbocycles. The van der Waals surface area contributed by atoms with Crippen molar-refractivity contribution in [3.63, 3.8) is 0 Å². The number of nitrogens with one attached hydrogen (secondary N) is 1. The molecule has 0 saturated heterocycles. The quantitative estimate of drug-likeness (QED) is 0.353. The molecule has 0 bridgehead atoms. The molecule has 0 radical (unpaired) electrons. The number of amides is 2. The number of benzene rings is 3. The van der Waals surface area contributed by atoms with Crippen LogP contribution in [0, 0.1) is 6.92 Å². The van der Waals surface area contributed by atoms with Gasteiger partial charge in [-0.05, 0) is 49.1 Å². The standard InChI is InChI=1S/C30H37N3O4S/c1-4-31-30(35)28(22-25-15-7-5-8-16-25)32(23-26-17-12-11-14-24(26)2)29(34)20-13-21-33(38(3,36)37)27-18-9-6-10-19-27/h5-12,14-19,28H,4,13,20-23H2,1-3H3,(H,31,35)/t28-/m0/s1. The smallest absolute Gasteiger partial charge is 0.243 e. The van der Waals surface area contributed by atoms with Crippen molar-refractivity contribution in [3.05, 3.63) is 102 Å². The molecule has 1 N–H and O–H groups in total. The third-order valence-corrected chi connectivity index (χ3v) is 7.61. The second-order valence-corrected chi connectivity index (χ2v) is 11.2. The normalized spacial score (nSPS) is 12.0. The number of hydrogen-bond donors (Lipinski definition) is 1. The fourth-order valence-electron chi connectivity index (χ4n) is 4.42. The molecule has 0 aliphatic heterocycles. The van der Waals surface area contributed by atoms with Crippen LogP contribution >= 0.6 is 0 Å². The molecular formula is C30H37N3O4S. The van der Waals surface area contributed by atoms with Crippen molar-refractivity contribution in [2.45, 2.75) is 45.7 Å². The topological polar surface area (TPSA) is 86.8 Å². The van der Waals surface area contributed by atoms with Crippen LogP contribution in [0.5, 0.6) is 0 Å². The summed E-state index contributed by atoms with van der Waals surface area (Å²) in [5.41, 5.74) is 3.51. The molecule has 3 aromatic rings. The molecule has 7 nitrogen and oxygen atoms in total. The number of hydrogen-bond acceptors (Lipinski definition) is 4. The van der Waals surface area contributed by atoms with Crippen LogP contribution < -0.4 is 9.62 Å². The summed E-state index contributed by atoms with van der Waals surface area (Å²) in [7, 11) is -3.52. The summed E-state index contributed by atoms with van der Waals surface area (Å²) in [6, 6.07) is 25.6. The Morgan fingerprint density at radius 2 is 1.50 bits per heavy atom. The van der Waals surface area contributed by atoms with E-state index in [1.807, 2.05) is 74.5 Å². The van der Waals surface area contributed by atoms with Gasteiger partial charge in [0.2, 0.25) is 21.8 Å². The minimum Gasteiger partial charge on any atom is -0.355 e. The van der Waals surface area contributed by atoms with Gasteiger partial charge < -0.3 is 10.2 Å². The van der Waals surface area contributed by atoms with Crippen molar-refractivity contribution in [2.24, 2.45) is 0 Å². The molecule has 3 rings (SSSR count). The highest BCUT2D eigenvalue weighted by atomic mass is 32.2. The zero-order valence-corrected chi connectivity index (χ0v) is 23.2. The predicted molar refractivity (Wildman–Crippen MR) is 152 cm³/mol. The zero-order valence-electron chi connectivity index (χ0n) is 22.3. The van der Waals surface area contributed by atoms with E-state index in [4.69, 9.17) is 0 Å². The van der Waals surface area contributed by atoms with Crippen LogP contribution in [-0.2, 0) is 32.6 Å². The molecule has 0 fully saturated rings. The summed E-state index contributed by atoms with van der Waals surface area (Å²) in [5, 5.41) is 2.90. The molecule has 0 aromatic heterocycles. The zero-order chi connectivity index (χ0) is 27.5. The number of likely N-dealkylation sites (N-methyl/N-ethyl adjacent to an activating group) is 1. The Hall–Kier alpha value is -3.65. The molecule has 0 unspecified atom stereocenters. The van der Waals surface area contributed by atoms with Gasteiger partial charge in [-0.2, -0.15) is 0 Å². The number of sulfonamides is 1. The third kappa shape index (κ3) is 8.18. The Labute approximate surface area is 226 Å². The first kappa shape index (κ1) is 28.9. The van der Waals surface area contributed by atoms with Gasteiger partial charge in [0.15, 0.2) is 0 Å². The molecule has 0 aliphatic rings. The maximum atomic E-state index is 13.7. The third-order valence-electron chi connectivity index (χ3n) is 6.42. The van der Waals surface area contributed by atoms with Crippen LogP contribution in [0.2, 0.25) is 0 Å². The summed E-state index contributed by atoms with van der Waals surface area (Å²) in [5.74, 6) is -0.401. The lowest BCUT2D eigenvalue weighted by Crippen LogP contribution is -2.50. The summed E-state index contributed by atoms with van der Waals surface area (Å²) >= 11 is 0.